The SMILES string of the molecule is CC1(C)C2Cc3c(O)cc4c(c32)[C@H]2C(C)(C)[C@H]3[C@@H]1C[C@@]1(C)C[C@@H]3C2(O1)c1ccc(O)cc1O4. The predicted octanol–water partition coefficient (Wildman–Crippen LogP) is 6.33. The molecule has 33 heavy (non-hydrogen) atoms. The lowest BCUT2D eigenvalue weighted by molar-refractivity contribution is -0.148. The summed E-state index contributed by atoms with van der Waals surface area (Å²) in [6, 6.07) is 7.42. The van der Waals surface area contributed by atoms with Gasteiger partial charge in [-0.05, 0) is 83.9 Å². The van der Waals surface area contributed by atoms with Crippen molar-refractivity contribution < 1.29 is 19.7 Å². The molecule has 2 unspecified atom stereocenters. The molecule has 1 saturated heterocycles. The summed E-state index contributed by atoms with van der Waals surface area (Å²) in [6.07, 6.45) is 3.10. The van der Waals surface area contributed by atoms with E-state index in [4.69, 9.17) is 9.47 Å². The maximum absolute atomic E-state index is 11.0. The van der Waals surface area contributed by atoms with E-state index in [2.05, 4.69) is 34.6 Å². The molecule has 2 aromatic carbocycles. The molecule has 8 rings (SSSR count). The Bertz CT molecular complexity index is 1290. The zero-order valence-corrected chi connectivity index (χ0v) is 20.0. The average Bonchev–Trinajstić information content (AvgIpc) is 2.95. The van der Waals surface area contributed by atoms with Gasteiger partial charge in [-0.2, -0.15) is 0 Å². The smallest absolute Gasteiger partial charge is 0.137 e. The Morgan fingerprint density at radius 2 is 1.64 bits per heavy atom. The average molecular weight is 445 g/mol. The molecule has 2 N–H and O–H groups in total. The van der Waals surface area contributed by atoms with Crippen molar-refractivity contribution in [3.63, 3.8) is 0 Å². The molecule has 4 heteroatoms. The minimum absolute atomic E-state index is 0.0112. The standard InChI is InChI=1S/C29H32O4/c1-26(2)16-9-14-19(31)10-21-23(22(14)16)25-27(3,4)24-17(26)11-28(5)12-18(24)29(25,33-28)15-7-6-13(30)8-20(15)32-21/h6-8,10,16-18,24-25,30-31H,9,11-12H2,1-5H3/t16?,17-,18-,24-,25-,28-,29?/m0/s1. The highest BCUT2D eigenvalue weighted by Gasteiger charge is 2.78. The molecule has 172 valence electrons. The lowest BCUT2D eigenvalue weighted by Crippen LogP contribution is -2.53. The van der Waals surface area contributed by atoms with Gasteiger partial charge in [0.25, 0.3) is 0 Å². The van der Waals surface area contributed by atoms with Crippen molar-refractivity contribution in [2.24, 2.45) is 28.6 Å². The fourth-order valence-electron chi connectivity index (χ4n) is 10.1. The number of benzene rings is 2. The van der Waals surface area contributed by atoms with Crippen LogP contribution in [0.25, 0.3) is 0 Å². The Labute approximate surface area is 194 Å². The molecule has 7 atom stereocenters. The number of aromatic hydroxyl groups is 2. The van der Waals surface area contributed by atoms with Gasteiger partial charge in [-0.25, -0.2) is 0 Å². The lowest BCUT2D eigenvalue weighted by atomic mass is 9.46. The molecule has 2 heterocycles. The highest BCUT2D eigenvalue weighted by atomic mass is 16.5. The van der Waals surface area contributed by atoms with Gasteiger partial charge in [-0.3, -0.25) is 0 Å². The molecule has 3 fully saturated rings. The Kier molecular flexibility index (Phi) is 2.94. The fourth-order valence-corrected chi connectivity index (χ4v) is 10.1. The van der Waals surface area contributed by atoms with Crippen LogP contribution < -0.4 is 4.74 Å². The van der Waals surface area contributed by atoms with E-state index in [1.165, 1.54) is 11.1 Å². The first-order valence-electron chi connectivity index (χ1n) is 12.6. The molecule has 1 spiro atoms. The van der Waals surface area contributed by atoms with E-state index in [0.29, 0.717) is 35.2 Å². The molecule has 0 amide bonds. The topological polar surface area (TPSA) is 58.9 Å². The largest absolute Gasteiger partial charge is 0.508 e. The summed E-state index contributed by atoms with van der Waals surface area (Å²) in [5, 5.41) is 21.4. The van der Waals surface area contributed by atoms with Gasteiger partial charge in [-0.15, -0.1) is 0 Å². The Morgan fingerprint density at radius 1 is 0.879 bits per heavy atom. The van der Waals surface area contributed by atoms with E-state index in [-0.39, 0.29) is 28.1 Å². The lowest BCUT2D eigenvalue weighted by Gasteiger charge is -2.59. The number of hydrogen-bond acceptors (Lipinski definition) is 4. The van der Waals surface area contributed by atoms with Crippen molar-refractivity contribution in [1.82, 2.24) is 0 Å². The van der Waals surface area contributed by atoms with Crippen LogP contribution in [0.15, 0.2) is 24.3 Å². The number of ether oxygens (including phenoxy) is 2. The van der Waals surface area contributed by atoms with Gasteiger partial charge in [0.1, 0.15) is 28.6 Å². The first-order chi connectivity index (χ1) is 15.5. The molecular formula is C29H32O4. The van der Waals surface area contributed by atoms with Crippen molar-refractivity contribution in [2.45, 2.75) is 76.9 Å². The van der Waals surface area contributed by atoms with E-state index in [1.54, 1.807) is 12.1 Å². The van der Waals surface area contributed by atoms with Gasteiger partial charge in [0.05, 0.1) is 5.60 Å². The number of phenols is 2. The Morgan fingerprint density at radius 3 is 2.42 bits per heavy atom. The predicted molar refractivity (Wildman–Crippen MR) is 124 cm³/mol. The van der Waals surface area contributed by atoms with E-state index in [1.807, 2.05) is 12.1 Å². The molecule has 2 saturated carbocycles. The molecule has 2 aliphatic heterocycles. The zero-order valence-electron chi connectivity index (χ0n) is 20.0. The van der Waals surface area contributed by atoms with Crippen LogP contribution in [0, 0.1) is 28.6 Å². The number of hydrogen-bond donors (Lipinski definition) is 2. The van der Waals surface area contributed by atoms with E-state index in [9.17, 15) is 10.2 Å². The van der Waals surface area contributed by atoms with Crippen molar-refractivity contribution in [3.8, 4) is 23.0 Å². The van der Waals surface area contributed by atoms with E-state index >= 15 is 0 Å². The summed E-state index contributed by atoms with van der Waals surface area (Å²) >= 11 is 0. The molecule has 4 bridgehead atoms. The Hall–Kier alpha value is -2.20. The van der Waals surface area contributed by atoms with Crippen LogP contribution in [0.1, 0.15) is 81.5 Å². The van der Waals surface area contributed by atoms with Gasteiger partial charge in [-0.1, -0.05) is 27.7 Å². The normalized spacial score (nSPS) is 43.1. The summed E-state index contributed by atoms with van der Waals surface area (Å²) in [5.41, 5.74) is 4.28. The summed E-state index contributed by atoms with van der Waals surface area (Å²) in [4.78, 5) is 0. The fraction of sp³-hybridized carbons (Fsp3) is 0.586. The second-order valence-electron chi connectivity index (χ2n) is 13.3. The maximum atomic E-state index is 11.0. The monoisotopic (exact) mass is 444 g/mol. The van der Waals surface area contributed by atoms with Gasteiger partial charge in [0.2, 0.25) is 0 Å². The minimum atomic E-state index is -0.475. The van der Waals surface area contributed by atoms with Crippen LogP contribution in [0.3, 0.4) is 0 Å². The zero-order chi connectivity index (χ0) is 22.9. The van der Waals surface area contributed by atoms with Crippen LogP contribution in [0.4, 0.5) is 0 Å². The number of rotatable bonds is 0. The Balaban J connectivity index is 1.59. The highest BCUT2D eigenvalue weighted by molar-refractivity contribution is 5.67. The van der Waals surface area contributed by atoms with Crippen LogP contribution in [0.2, 0.25) is 0 Å². The highest BCUT2D eigenvalue weighted by Crippen LogP contribution is 2.82. The first kappa shape index (κ1) is 19.1. The van der Waals surface area contributed by atoms with Crippen molar-refractivity contribution in [3.05, 3.63) is 46.5 Å². The van der Waals surface area contributed by atoms with Crippen LogP contribution in [-0.2, 0) is 16.8 Å². The van der Waals surface area contributed by atoms with Crippen molar-refractivity contribution in [2.75, 3.05) is 0 Å². The van der Waals surface area contributed by atoms with Crippen LogP contribution in [0.5, 0.6) is 23.0 Å². The summed E-state index contributed by atoms with van der Waals surface area (Å²) in [6.45, 7) is 12.2. The van der Waals surface area contributed by atoms with Crippen molar-refractivity contribution >= 4 is 0 Å². The quantitative estimate of drug-likeness (QED) is 0.498. The third-order valence-electron chi connectivity index (χ3n) is 11.1. The molecular weight excluding hydrogens is 412 g/mol. The van der Waals surface area contributed by atoms with Crippen LogP contribution in [-0.4, -0.2) is 15.8 Å². The molecule has 0 aromatic heterocycles. The van der Waals surface area contributed by atoms with Gasteiger partial charge in [0.15, 0.2) is 0 Å². The molecule has 0 radical (unpaired) electrons. The van der Waals surface area contributed by atoms with Gasteiger partial charge in [0, 0.05) is 29.2 Å². The van der Waals surface area contributed by atoms with Gasteiger partial charge >= 0.3 is 0 Å². The number of phenolic OH excluding ortho intramolecular Hbond substituents is 2. The van der Waals surface area contributed by atoms with E-state index in [0.717, 1.165) is 36.1 Å². The molecule has 4 aliphatic carbocycles. The number of fused-ring (bicyclic) bond motifs is 2. The first-order valence-corrected chi connectivity index (χ1v) is 12.6. The van der Waals surface area contributed by atoms with Crippen molar-refractivity contribution in [1.29, 1.82) is 0 Å². The second-order valence-corrected chi connectivity index (χ2v) is 13.3. The summed E-state index contributed by atoms with van der Waals surface area (Å²) < 4.78 is 14.0. The minimum Gasteiger partial charge on any atom is -0.508 e. The van der Waals surface area contributed by atoms with E-state index < -0.39 is 5.60 Å². The third-order valence-corrected chi connectivity index (χ3v) is 11.1. The summed E-state index contributed by atoms with van der Waals surface area (Å²) in [5.74, 6) is 4.07. The van der Waals surface area contributed by atoms with Crippen LogP contribution >= 0.6 is 0 Å². The molecule has 6 aliphatic rings. The molecule has 2 aromatic rings. The van der Waals surface area contributed by atoms with Gasteiger partial charge < -0.3 is 19.7 Å². The second kappa shape index (κ2) is 5.07. The third kappa shape index (κ3) is 1.81. The summed E-state index contributed by atoms with van der Waals surface area (Å²) in [7, 11) is 0. The maximum Gasteiger partial charge on any atom is 0.137 e. The molecule has 4 nitrogen and oxygen atoms in total.